The fourth-order valence-electron chi connectivity index (χ4n) is 5.83. The molecule has 2 aliphatic carbocycles. The minimum Gasteiger partial charge on any atom is -0.493 e. The highest BCUT2D eigenvalue weighted by Gasteiger charge is 2.52. The molecule has 1 aromatic carbocycles. The lowest BCUT2D eigenvalue weighted by molar-refractivity contribution is -0.136. The third kappa shape index (κ3) is 2.08. The van der Waals surface area contributed by atoms with Crippen molar-refractivity contribution in [1.82, 2.24) is 4.90 Å². The number of carbonyl (C=O) groups excluding carboxylic acids is 1. The van der Waals surface area contributed by atoms with Crippen LogP contribution in [0.5, 0.6) is 11.5 Å². The van der Waals surface area contributed by atoms with E-state index in [0.717, 1.165) is 60.2 Å². The molecule has 5 atom stereocenters. The van der Waals surface area contributed by atoms with E-state index in [2.05, 4.69) is 11.0 Å². The molecule has 2 aliphatic heterocycles. The van der Waals surface area contributed by atoms with Crippen LogP contribution in [0.4, 0.5) is 0 Å². The maximum Gasteiger partial charge on any atom is 0.229 e. The van der Waals surface area contributed by atoms with Gasteiger partial charge < -0.3 is 14.4 Å². The molecule has 1 saturated heterocycles. The molecule has 0 spiro atoms. The first-order valence-corrected chi connectivity index (χ1v) is 9.32. The molecule has 2 saturated carbocycles. The Bertz CT molecular complexity index is 655. The minimum atomic E-state index is -0.0407. The lowest BCUT2D eigenvalue weighted by atomic mass is 9.82. The molecule has 2 bridgehead atoms. The van der Waals surface area contributed by atoms with Crippen molar-refractivity contribution in [3.63, 3.8) is 0 Å². The second-order valence-electron chi connectivity index (χ2n) is 8.06. The quantitative estimate of drug-likeness (QED) is 0.838. The second kappa shape index (κ2) is 5.40. The normalized spacial score (nSPS) is 36.2. The Hall–Kier alpha value is -1.71. The van der Waals surface area contributed by atoms with Gasteiger partial charge in [0.1, 0.15) is 6.61 Å². The van der Waals surface area contributed by atoms with Gasteiger partial charge in [0.15, 0.2) is 11.5 Å². The number of likely N-dealkylation sites (tertiary alicyclic amines) is 1. The Labute approximate surface area is 143 Å². The number of hydrogen-bond donors (Lipinski definition) is 0. The predicted molar refractivity (Wildman–Crippen MR) is 90.1 cm³/mol. The first-order valence-electron chi connectivity index (χ1n) is 9.32. The van der Waals surface area contributed by atoms with Crippen LogP contribution < -0.4 is 9.47 Å². The number of ether oxygens (including phenoxy) is 2. The Kier molecular flexibility index (Phi) is 3.29. The van der Waals surface area contributed by atoms with Gasteiger partial charge in [0.25, 0.3) is 0 Å². The highest BCUT2D eigenvalue weighted by molar-refractivity contribution is 5.80. The number of methoxy groups -OCH3 is 1. The molecule has 4 heteroatoms. The van der Waals surface area contributed by atoms with Crippen LogP contribution in [0.25, 0.3) is 0 Å². The molecule has 1 amide bonds. The number of rotatable bonds is 2. The third-order valence-electron chi connectivity index (χ3n) is 6.97. The zero-order chi connectivity index (χ0) is 16.3. The molecule has 1 unspecified atom stereocenters. The average Bonchev–Trinajstić information content (AvgIpc) is 3.32. The summed E-state index contributed by atoms with van der Waals surface area (Å²) < 4.78 is 11.3. The molecule has 1 aromatic rings. The van der Waals surface area contributed by atoms with E-state index in [1.54, 1.807) is 7.11 Å². The second-order valence-corrected chi connectivity index (χ2v) is 8.06. The largest absolute Gasteiger partial charge is 0.493 e. The first kappa shape index (κ1) is 14.6. The number of amides is 1. The summed E-state index contributed by atoms with van der Waals surface area (Å²) >= 11 is 0. The number of fused-ring (bicyclic) bond motifs is 6. The maximum atomic E-state index is 13.0. The molecule has 0 radical (unpaired) electrons. The fraction of sp³-hybridized carbons (Fsp3) is 0.650. The first-order chi connectivity index (χ1) is 11.7. The van der Waals surface area contributed by atoms with E-state index >= 15 is 0 Å². The average molecular weight is 327 g/mol. The lowest BCUT2D eigenvalue weighted by Gasteiger charge is -2.29. The summed E-state index contributed by atoms with van der Waals surface area (Å²) in [6.07, 6.45) is 4.99. The van der Waals surface area contributed by atoms with Gasteiger partial charge in [0.2, 0.25) is 5.91 Å². The number of carbonyl (C=O) groups is 1. The van der Waals surface area contributed by atoms with Crippen molar-refractivity contribution >= 4 is 5.91 Å². The van der Waals surface area contributed by atoms with Crippen LogP contribution in [0.3, 0.4) is 0 Å². The van der Waals surface area contributed by atoms with Gasteiger partial charge >= 0.3 is 0 Å². The SMILES string of the molecule is COc1cccc2c1OCC(C(=O)N1C[C@@H]3[C@@H]4CC[C@@H](C4)[C@@H]3C1)C2. The number of nitrogens with zero attached hydrogens (tertiary/aromatic N) is 1. The predicted octanol–water partition coefficient (Wildman–Crippen LogP) is 2.75. The molecule has 3 fully saturated rings. The van der Waals surface area contributed by atoms with E-state index in [-0.39, 0.29) is 5.92 Å². The van der Waals surface area contributed by atoms with Crippen LogP contribution in [0, 0.1) is 29.6 Å². The van der Waals surface area contributed by atoms with Gasteiger partial charge in [-0.05, 0) is 61.0 Å². The zero-order valence-corrected chi connectivity index (χ0v) is 14.2. The van der Waals surface area contributed by atoms with Crippen LogP contribution in [-0.4, -0.2) is 37.6 Å². The monoisotopic (exact) mass is 327 g/mol. The van der Waals surface area contributed by atoms with Gasteiger partial charge in [-0.1, -0.05) is 12.1 Å². The van der Waals surface area contributed by atoms with E-state index in [0.29, 0.717) is 12.5 Å². The van der Waals surface area contributed by atoms with Gasteiger partial charge in [-0.3, -0.25) is 4.79 Å². The zero-order valence-electron chi connectivity index (χ0n) is 14.2. The van der Waals surface area contributed by atoms with Crippen molar-refractivity contribution in [3.05, 3.63) is 23.8 Å². The van der Waals surface area contributed by atoms with E-state index in [1.807, 2.05) is 12.1 Å². The minimum absolute atomic E-state index is 0.0407. The summed E-state index contributed by atoms with van der Waals surface area (Å²) in [4.78, 5) is 15.2. The van der Waals surface area contributed by atoms with Crippen molar-refractivity contribution in [1.29, 1.82) is 0 Å². The van der Waals surface area contributed by atoms with E-state index in [4.69, 9.17) is 9.47 Å². The van der Waals surface area contributed by atoms with E-state index < -0.39 is 0 Å². The van der Waals surface area contributed by atoms with Crippen molar-refractivity contribution < 1.29 is 14.3 Å². The van der Waals surface area contributed by atoms with Gasteiger partial charge in [-0.25, -0.2) is 0 Å². The summed E-state index contributed by atoms with van der Waals surface area (Å²) in [6, 6.07) is 5.94. The molecule has 24 heavy (non-hydrogen) atoms. The molecule has 4 aliphatic rings. The molecule has 2 heterocycles. The van der Waals surface area contributed by atoms with Crippen LogP contribution in [0.15, 0.2) is 18.2 Å². The summed E-state index contributed by atoms with van der Waals surface area (Å²) in [6.45, 7) is 2.46. The summed E-state index contributed by atoms with van der Waals surface area (Å²) in [5.41, 5.74) is 1.10. The summed E-state index contributed by atoms with van der Waals surface area (Å²) in [5, 5.41) is 0. The van der Waals surface area contributed by atoms with Crippen molar-refractivity contribution in [2.24, 2.45) is 29.6 Å². The number of para-hydroxylation sites is 1. The number of benzene rings is 1. The third-order valence-corrected chi connectivity index (χ3v) is 6.97. The lowest BCUT2D eigenvalue weighted by Crippen LogP contribution is -2.40. The Morgan fingerprint density at radius 3 is 2.67 bits per heavy atom. The van der Waals surface area contributed by atoms with Crippen LogP contribution in [0.2, 0.25) is 0 Å². The number of hydrogen-bond acceptors (Lipinski definition) is 3. The summed E-state index contributed by atoms with van der Waals surface area (Å²) in [7, 11) is 1.66. The fourth-order valence-corrected chi connectivity index (χ4v) is 5.83. The van der Waals surface area contributed by atoms with E-state index in [9.17, 15) is 4.79 Å². The van der Waals surface area contributed by atoms with Crippen molar-refractivity contribution in [2.75, 3.05) is 26.8 Å². The molecule has 4 nitrogen and oxygen atoms in total. The topological polar surface area (TPSA) is 38.8 Å². The smallest absolute Gasteiger partial charge is 0.229 e. The standard InChI is InChI=1S/C20H25NO3/c1-23-18-4-2-3-14-8-15(11-24-19(14)18)20(22)21-9-16-12-5-6-13(7-12)17(16)10-21/h2-4,12-13,15-17H,5-11H2,1H3/t12-,13+,15?,16-,17+. The highest BCUT2D eigenvalue weighted by Crippen LogP contribution is 2.55. The van der Waals surface area contributed by atoms with Crippen LogP contribution in [-0.2, 0) is 11.2 Å². The van der Waals surface area contributed by atoms with Gasteiger partial charge in [-0.2, -0.15) is 0 Å². The Morgan fingerprint density at radius 2 is 1.96 bits per heavy atom. The van der Waals surface area contributed by atoms with Crippen molar-refractivity contribution in [2.45, 2.75) is 25.7 Å². The van der Waals surface area contributed by atoms with Crippen molar-refractivity contribution in [3.8, 4) is 11.5 Å². The highest BCUT2D eigenvalue weighted by atomic mass is 16.5. The van der Waals surface area contributed by atoms with Crippen LogP contribution >= 0.6 is 0 Å². The molecule has 128 valence electrons. The Morgan fingerprint density at radius 1 is 1.21 bits per heavy atom. The maximum absolute atomic E-state index is 13.0. The van der Waals surface area contributed by atoms with Gasteiger partial charge in [0.05, 0.1) is 13.0 Å². The Balaban J connectivity index is 1.30. The van der Waals surface area contributed by atoms with Gasteiger partial charge in [0, 0.05) is 13.1 Å². The molecule has 0 N–H and O–H groups in total. The molecule has 5 rings (SSSR count). The summed E-state index contributed by atoms with van der Waals surface area (Å²) in [5.74, 6) is 5.20. The van der Waals surface area contributed by atoms with Crippen LogP contribution in [0.1, 0.15) is 24.8 Å². The van der Waals surface area contributed by atoms with Gasteiger partial charge in [-0.15, -0.1) is 0 Å². The molecule has 0 aromatic heterocycles. The van der Waals surface area contributed by atoms with E-state index in [1.165, 1.54) is 19.3 Å². The molecular weight excluding hydrogens is 302 g/mol. The molecular formula is C20H25NO3.